The highest BCUT2D eigenvalue weighted by atomic mass is 19.1. The van der Waals surface area contributed by atoms with Crippen LogP contribution in [0.4, 0.5) is 10.1 Å². The summed E-state index contributed by atoms with van der Waals surface area (Å²) in [6.07, 6.45) is 0.505. The number of anilines is 1. The van der Waals surface area contributed by atoms with Gasteiger partial charge in [-0.05, 0) is 42.3 Å². The number of benzene rings is 2. The first kappa shape index (κ1) is 20.1. The van der Waals surface area contributed by atoms with Gasteiger partial charge in [-0.1, -0.05) is 18.2 Å². The molecule has 0 saturated carbocycles. The van der Waals surface area contributed by atoms with Crippen LogP contribution >= 0.6 is 0 Å². The number of halogens is 1. The van der Waals surface area contributed by atoms with Crippen molar-refractivity contribution >= 4 is 23.5 Å². The molecular weight excluding hydrogens is 351 g/mol. The Morgan fingerprint density at radius 1 is 1.11 bits per heavy atom. The average molecular weight is 372 g/mol. The molecule has 0 aliphatic carbocycles. The van der Waals surface area contributed by atoms with Crippen molar-refractivity contribution in [1.82, 2.24) is 4.90 Å². The molecule has 0 bridgehead atoms. The van der Waals surface area contributed by atoms with Gasteiger partial charge < -0.3 is 15.0 Å². The fraction of sp³-hybridized carbons (Fsp3) is 0.250. The van der Waals surface area contributed by atoms with Crippen molar-refractivity contribution < 1.29 is 23.5 Å². The molecule has 2 rings (SSSR count). The van der Waals surface area contributed by atoms with Gasteiger partial charge in [-0.15, -0.1) is 0 Å². The lowest BCUT2D eigenvalue weighted by Gasteiger charge is -2.20. The zero-order valence-corrected chi connectivity index (χ0v) is 15.2. The van der Waals surface area contributed by atoms with Crippen molar-refractivity contribution in [1.29, 1.82) is 0 Å². The van der Waals surface area contributed by atoms with E-state index in [9.17, 15) is 18.8 Å². The van der Waals surface area contributed by atoms with Gasteiger partial charge in [0.1, 0.15) is 5.82 Å². The monoisotopic (exact) mass is 372 g/mol. The van der Waals surface area contributed by atoms with Gasteiger partial charge in [0.05, 0.1) is 19.2 Å². The molecular formula is C20H21FN2O4. The Bertz CT molecular complexity index is 821. The number of amides is 2. The Hall–Kier alpha value is -3.22. The molecule has 0 aliphatic heterocycles. The number of esters is 1. The summed E-state index contributed by atoms with van der Waals surface area (Å²) in [5, 5.41) is 2.66. The second-order valence-corrected chi connectivity index (χ2v) is 5.94. The molecule has 0 heterocycles. The van der Waals surface area contributed by atoms with Crippen LogP contribution in [0.3, 0.4) is 0 Å². The molecule has 0 radical (unpaired) electrons. The lowest BCUT2D eigenvalue weighted by molar-refractivity contribution is -0.132. The second-order valence-electron chi connectivity index (χ2n) is 5.94. The highest BCUT2D eigenvalue weighted by Crippen LogP contribution is 2.12. The van der Waals surface area contributed by atoms with Crippen LogP contribution in [-0.4, -0.2) is 42.9 Å². The SMILES string of the molecule is COC(=O)c1cccc(NC(=O)CN(CCc2ccc(F)cc2)C(C)=O)c1. The van der Waals surface area contributed by atoms with Crippen LogP contribution in [0, 0.1) is 5.82 Å². The quantitative estimate of drug-likeness (QED) is 0.758. The first-order valence-electron chi connectivity index (χ1n) is 8.37. The van der Waals surface area contributed by atoms with Gasteiger partial charge in [-0.25, -0.2) is 9.18 Å². The fourth-order valence-corrected chi connectivity index (χ4v) is 2.48. The molecule has 0 spiro atoms. The van der Waals surface area contributed by atoms with E-state index < -0.39 is 5.97 Å². The van der Waals surface area contributed by atoms with E-state index >= 15 is 0 Å². The normalized spacial score (nSPS) is 10.2. The molecule has 6 nitrogen and oxygen atoms in total. The molecule has 1 N–H and O–H groups in total. The van der Waals surface area contributed by atoms with Crippen LogP contribution in [0.25, 0.3) is 0 Å². The molecule has 2 amide bonds. The minimum Gasteiger partial charge on any atom is -0.465 e. The predicted molar refractivity (Wildman–Crippen MR) is 98.8 cm³/mol. The van der Waals surface area contributed by atoms with Gasteiger partial charge in [0, 0.05) is 19.2 Å². The van der Waals surface area contributed by atoms with Crippen LogP contribution < -0.4 is 5.32 Å². The standard InChI is InChI=1S/C20H21FN2O4/c1-14(24)23(11-10-15-6-8-17(21)9-7-15)13-19(25)22-18-5-3-4-16(12-18)20(26)27-2/h3-9,12H,10-11,13H2,1-2H3,(H,22,25). The zero-order chi connectivity index (χ0) is 19.8. The van der Waals surface area contributed by atoms with E-state index in [0.29, 0.717) is 24.2 Å². The maximum Gasteiger partial charge on any atom is 0.337 e. The highest BCUT2D eigenvalue weighted by molar-refractivity contribution is 5.96. The molecule has 0 saturated heterocycles. The van der Waals surface area contributed by atoms with Gasteiger partial charge in [-0.3, -0.25) is 9.59 Å². The van der Waals surface area contributed by atoms with Crippen LogP contribution in [0.2, 0.25) is 0 Å². The lowest BCUT2D eigenvalue weighted by Crippen LogP contribution is -2.38. The summed E-state index contributed by atoms with van der Waals surface area (Å²) in [5.74, 6) is -1.45. The Labute approximate surface area is 156 Å². The summed E-state index contributed by atoms with van der Waals surface area (Å²) in [7, 11) is 1.28. The van der Waals surface area contributed by atoms with Gasteiger partial charge in [0.25, 0.3) is 0 Å². The number of carbonyl (C=O) groups excluding carboxylic acids is 3. The summed E-state index contributed by atoms with van der Waals surface area (Å²) in [4.78, 5) is 37.0. The number of nitrogens with zero attached hydrogens (tertiary/aromatic N) is 1. The molecule has 2 aromatic carbocycles. The Morgan fingerprint density at radius 3 is 2.44 bits per heavy atom. The van der Waals surface area contributed by atoms with Crippen LogP contribution in [0.1, 0.15) is 22.8 Å². The van der Waals surface area contributed by atoms with E-state index in [1.165, 1.54) is 37.1 Å². The Kier molecular flexibility index (Phi) is 7.05. The average Bonchev–Trinajstić information content (AvgIpc) is 2.65. The number of methoxy groups -OCH3 is 1. The van der Waals surface area contributed by atoms with Crippen molar-refractivity contribution in [3.8, 4) is 0 Å². The largest absolute Gasteiger partial charge is 0.465 e. The topological polar surface area (TPSA) is 75.7 Å². The van der Waals surface area contributed by atoms with E-state index in [0.717, 1.165) is 5.56 Å². The number of rotatable bonds is 7. The van der Waals surface area contributed by atoms with Crippen LogP contribution in [0.5, 0.6) is 0 Å². The summed E-state index contributed by atoms with van der Waals surface area (Å²) in [6.45, 7) is 1.59. The number of hydrogen-bond acceptors (Lipinski definition) is 4. The summed E-state index contributed by atoms with van der Waals surface area (Å²) in [5.41, 5.74) is 1.62. The summed E-state index contributed by atoms with van der Waals surface area (Å²) >= 11 is 0. The van der Waals surface area contributed by atoms with Crippen molar-refractivity contribution in [3.63, 3.8) is 0 Å². The van der Waals surface area contributed by atoms with Gasteiger partial charge >= 0.3 is 5.97 Å². The Morgan fingerprint density at radius 2 is 1.81 bits per heavy atom. The van der Waals surface area contributed by atoms with Crippen LogP contribution in [-0.2, 0) is 20.7 Å². The van der Waals surface area contributed by atoms with E-state index in [1.54, 1.807) is 30.3 Å². The molecule has 142 valence electrons. The van der Waals surface area contributed by atoms with E-state index in [2.05, 4.69) is 10.1 Å². The van der Waals surface area contributed by atoms with E-state index in [4.69, 9.17) is 0 Å². The van der Waals surface area contributed by atoms with Crippen molar-refractivity contribution in [3.05, 3.63) is 65.5 Å². The third kappa shape index (κ3) is 6.22. The van der Waals surface area contributed by atoms with Gasteiger partial charge in [0.2, 0.25) is 11.8 Å². The Balaban J connectivity index is 1.95. The fourth-order valence-electron chi connectivity index (χ4n) is 2.48. The number of carbonyl (C=O) groups is 3. The van der Waals surface area contributed by atoms with E-state index in [1.807, 2.05) is 0 Å². The third-order valence-corrected chi connectivity index (χ3v) is 3.93. The summed E-state index contributed by atoms with van der Waals surface area (Å²) < 4.78 is 17.6. The molecule has 0 aromatic heterocycles. The van der Waals surface area contributed by atoms with Crippen molar-refractivity contribution in [2.45, 2.75) is 13.3 Å². The maximum absolute atomic E-state index is 12.9. The van der Waals surface area contributed by atoms with Gasteiger partial charge in [0.15, 0.2) is 0 Å². The molecule has 7 heteroatoms. The highest BCUT2D eigenvalue weighted by Gasteiger charge is 2.14. The molecule has 0 atom stereocenters. The molecule has 27 heavy (non-hydrogen) atoms. The number of ether oxygens (including phenoxy) is 1. The second kappa shape index (κ2) is 9.47. The van der Waals surface area contributed by atoms with Crippen LogP contribution in [0.15, 0.2) is 48.5 Å². The van der Waals surface area contributed by atoms with E-state index in [-0.39, 0.29) is 24.2 Å². The smallest absolute Gasteiger partial charge is 0.337 e. The molecule has 0 unspecified atom stereocenters. The summed E-state index contributed by atoms with van der Waals surface area (Å²) in [6, 6.07) is 12.3. The van der Waals surface area contributed by atoms with Crippen molar-refractivity contribution in [2.75, 3.05) is 25.5 Å². The molecule has 2 aromatic rings. The number of hydrogen-bond donors (Lipinski definition) is 1. The molecule has 0 aliphatic rings. The minimum atomic E-state index is -0.504. The first-order valence-corrected chi connectivity index (χ1v) is 8.37. The number of nitrogens with one attached hydrogen (secondary N) is 1. The first-order chi connectivity index (χ1) is 12.9. The van der Waals surface area contributed by atoms with Crippen molar-refractivity contribution in [2.24, 2.45) is 0 Å². The molecule has 0 fully saturated rings. The third-order valence-electron chi connectivity index (χ3n) is 3.93. The zero-order valence-electron chi connectivity index (χ0n) is 15.2. The maximum atomic E-state index is 12.9. The predicted octanol–water partition coefficient (Wildman–Crippen LogP) is 2.64. The minimum absolute atomic E-state index is 0.126. The van der Waals surface area contributed by atoms with Gasteiger partial charge in [-0.2, -0.15) is 0 Å². The lowest BCUT2D eigenvalue weighted by atomic mass is 10.1.